The van der Waals surface area contributed by atoms with Crippen LogP contribution in [0.2, 0.25) is 0 Å². The second kappa shape index (κ2) is 8.16. The molecule has 1 amide bonds. The quantitative estimate of drug-likeness (QED) is 0.760. The molecule has 0 spiro atoms. The first-order valence-corrected chi connectivity index (χ1v) is 12.8. The maximum Gasteiger partial charge on any atom is 0.225 e. The van der Waals surface area contributed by atoms with Crippen LogP contribution in [0, 0.1) is 12.8 Å². The number of sulfonamides is 1. The topological polar surface area (TPSA) is 79.4 Å². The molecule has 1 aliphatic carbocycles. The van der Waals surface area contributed by atoms with Gasteiger partial charge in [-0.3, -0.25) is 4.79 Å². The number of aryl methyl sites for hydroxylation is 1. The van der Waals surface area contributed by atoms with Gasteiger partial charge in [-0.1, -0.05) is 36.8 Å². The Labute approximate surface area is 176 Å². The Morgan fingerprint density at radius 1 is 1.24 bits per heavy atom. The first-order chi connectivity index (χ1) is 13.8. The number of aromatic nitrogens is 1. The lowest BCUT2D eigenvalue weighted by atomic mass is 9.84. The lowest BCUT2D eigenvalue weighted by molar-refractivity contribution is -0.139. The number of amides is 1. The molecule has 8 heteroatoms. The van der Waals surface area contributed by atoms with E-state index in [4.69, 9.17) is 4.98 Å². The van der Waals surface area contributed by atoms with Crippen LogP contribution in [0.1, 0.15) is 36.3 Å². The molecule has 1 aromatic carbocycles. The van der Waals surface area contributed by atoms with Crippen molar-refractivity contribution in [3.8, 4) is 10.6 Å². The molecular weight excluding hydrogens is 406 g/mol. The lowest BCUT2D eigenvalue weighted by Crippen LogP contribution is -2.49. The number of thiazole rings is 1. The maximum atomic E-state index is 13.0. The van der Waals surface area contributed by atoms with Gasteiger partial charge in [0, 0.05) is 35.4 Å². The van der Waals surface area contributed by atoms with Crippen LogP contribution in [0.15, 0.2) is 30.3 Å². The van der Waals surface area contributed by atoms with Gasteiger partial charge in [0.1, 0.15) is 5.01 Å². The predicted octanol–water partition coefficient (Wildman–Crippen LogP) is 2.98. The minimum atomic E-state index is -3.35. The highest BCUT2D eigenvalue weighted by Crippen LogP contribution is 2.34. The molecule has 2 heterocycles. The van der Waals surface area contributed by atoms with Gasteiger partial charge in [0.15, 0.2) is 0 Å². The second-order valence-corrected chi connectivity index (χ2v) is 11.1. The van der Waals surface area contributed by atoms with Gasteiger partial charge in [0.25, 0.3) is 0 Å². The molecule has 2 atom stereocenters. The summed E-state index contributed by atoms with van der Waals surface area (Å²) in [5.74, 6) is 0.279. The van der Waals surface area contributed by atoms with E-state index in [1.807, 2.05) is 42.2 Å². The monoisotopic (exact) mass is 433 g/mol. The van der Waals surface area contributed by atoms with Gasteiger partial charge in [-0.15, -0.1) is 11.3 Å². The van der Waals surface area contributed by atoms with Crippen LogP contribution in [0.25, 0.3) is 10.6 Å². The van der Waals surface area contributed by atoms with E-state index in [2.05, 4.69) is 4.72 Å². The number of carbonyl (C=O) groups excluding carboxylic acids is 1. The summed E-state index contributed by atoms with van der Waals surface area (Å²) in [6.45, 7) is 2.65. The van der Waals surface area contributed by atoms with Crippen molar-refractivity contribution in [2.75, 3.05) is 12.8 Å². The molecule has 1 saturated heterocycles. The first kappa shape index (κ1) is 20.5. The van der Waals surface area contributed by atoms with Gasteiger partial charge in [-0.05, 0) is 26.2 Å². The number of likely N-dealkylation sites (tertiary alicyclic amines) is 1. The summed E-state index contributed by atoms with van der Waals surface area (Å²) in [6.07, 6.45) is 5.39. The van der Waals surface area contributed by atoms with Crippen molar-refractivity contribution in [1.82, 2.24) is 14.6 Å². The van der Waals surface area contributed by atoms with Gasteiger partial charge in [-0.2, -0.15) is 0 Å². The zero-order valence-corrected chi connectivity index (χ0v) is 18.4. The standard InChI is InChI=1S/C21H27N3O3S2/c1-14-18(22-20(28-14)15-7-4-3-5-8-15)13-19-17(23-29(2,26)27)11-12-24(19)21(25)16-9-6-10-16/h3-5,7-8,16-17,19,23H,6,9-13H2,1-2H3/t17-,19-/m1/s1. The molecule has 2 aromatic rings. The van der Waals surface area contributed by atoms with Gasteiger partial charge in [0.05, 0.1) is 18.0 Å². The Morgan fingerprint density at radius 2 is 1.97 bits per heavy atom. The van der Waals surface area contributed by atoms with Crippen molar-refractivity contribution in [2.24, 2.45) is 5.92 Å². The van der Waals surface area contributed by atoms with Crippen molar-refractivity contribution in [3.05, 3.63) is 40.9 Å². The van der Waals surface area contributed by atoms with E-state index in [9.17, 15) is 13.2 Å². The summed E-state index contributed by atoms with van der Waals surface area (Å²) in [4.78, 5) is 20.9. The average Bonchev–Trinajstić information content (AvgIpc) is 3.17. The van der Waals surface area contributed by atoms with Gasteiger partial charge in [-0.25, -0.2) is 18.1 Å². The average molecular weight is 434 g/mol. The normalized spacial score (nSPS) is 22.6. The maximum absolute atomic E-state index is 13.0. The number of rotatable bonds is 6. The smallest absolute Gasteiger partial charge is 0.225 e. The molecule has 2 aliphatic rings. The fourth-order valence-electron chi connectivity index (χ4n) is 4.20. The van der Waals surface area contributed by atoms with Crippen LogP contribution in [0.4, 0.5) is 0 Å². The number of benzene rings is 1. The first-order valence-electron chi connectivity index (χ1n) is 10.1. The van der Waals surface area contributed by atoms with Crippen molar-refractivity contribution in [1.29, 1.82) is 0 Å². The molecule has 156 valence electrons. The summed E-state index contributed by atoms with van der Waals surface area (Å²) in [7, 11) is -3.35. The molecule has 4 rings (SSSR count). The molecule has 0 bridgehead atoms. The fourth-order valence-corrected chi connectivity index (χ4v) is 5.97. The minimum absolute atomic E-state index is 0.103. The fraction of sp³-hybridized carbons (Fsp3) is 0.524. The predicted molar refractivity (Wildman–Crippen MR) is 115 cm³/mol. The van der Waals surface area contributed by atoms with Crippen LogP contribution in [0.5, 0.6) is 0 Å². The Bertz CT molecular complexity index is 984. The molecule has 2 fully saturated rings. The summed E-state index contributed by atoms with van der Waals surface area (Å²) >= 11 is 1.64. The third-order valence-electron chi connectivity index (χ3n) is 5.96. The van der Waals surface area contributed by atoms with Gasteiger partial charge >= 0.3 is 0 Å². The van der Waals surface area contributed by atoms with E-state index in [0.717, 1.165) is 40.4 Å². The van der Waals surface area contributed by atoms with Crippen LogP contribution < -0.4 is 4.72 Å². The number of hydrogen-bond donors (Lipinski definition) is 1. The largest absolute Gasteiger partial charge is 0.337 e. The molecule has 29 heavy (non-hydrogen) atoms. The molecule has 0 radical (unpaired) electrons. The molecule has 1 saturated carbocycles. The van der Waals surface area contributed by atoms with Crippen LogP contribution in [0.3, 0.4) is 0 Å². The Hall–Kier alpha value is -1.77. The van der Waals surface area contributed by atoms with Crippen molar-refractivity contribution >= 4 is 27.3 Å². The molecule has 0 unspecified atom stereocenters. The summed E-state index contributed by atoms with van der Waals surface area (Å²) in [5, 5.41) is 0.959. The Kier molecular flexibility index (Phi) is 5.77. The van der Waals surface area contributed by atoms with E-state index in [1.165, 1.54) is 6.26 Å². The van der Waals surface area contributed by atoms with E-state index in [0.29, 0.717) is 19.4 Å². The summed E-state index contributed by atoms with van der Waals surface area (Å²) in [6, 6.07) is 9.59. The lowest BCUT2D eigenvalue weighted by Gasteiger charge is -2.34. The third-order valence-corrected chi connectivity index (χ3v) is 7.76. The van der Waals surface area contributed by atoms with Crippen LogP contribution in [-0.2, 0) is 21.2 Å². The Balaban J connectivity index is 1.59. The highest BCUT2D eigenvalue weighted by atomic mass is 32.2. The summed E-state index contributed by atoms with van der Waals surface area (Å²) < 4.78 is 26.5. The Morgan fingerprint density at radius 3 is 2.59 bits per heavy atom. The second-order valence-electron chi connectivity index (χ2n) is 8.10. The number of carbonyl (C=O) groups is 1. The molecule has 6 nitrogen and oxygen atoms in total. The van der Waals surface area contributed by atoms with Crippen molar-refractivity contribution in [3.63, 3.8) is 0 Å². The summed E-state index contributed by atoms with van der Waals surface area (Å²) in [5.41, 5.74) is 2.03. The van der Waals surface area contributed by atoms with Gasteiger partial charge < -0.3 is 4.90 Å². The highest BCUT2D eigenvalue weighted by molar-refractivity contribution is 7.88. The minimum Gasteiger partial charge on any atom is -0.337 e. The van der Waals surface area contributed by atoms with Gasteiger partial charge in [0.2, 0.25) is 15.9 Å². The van der Waals surface area contributed by atoms with Crippen LogP contribution >= 0.6 is 11.3 Å². The molecule has 1 aliphatic heterocycles. The number of hydrogen-bond acceptors (Lipinski definition) is 5. The van der Waals surface area contributed by atoms with E-state index in [1.54, 1.807) is 11.3 Å². The van der Waals surface area contributed by atoms with E-state index >= 15 is 0 Å². The third kappa shape index (κ3) is 4.54. The van der Waals surface area contributed by atoms with Crippen molar-refractivity contribution < 1.29 is 13.2 Å². The van der Waals surface area contributed by atoms with Crippen LogP contribution in [-0.4, -0.2) is 49.1 Å². The van der Waals surface area contributed by atoms with E-state index in [-0.39, 0.29) is 23.9 Å². The number of nitrogens with zero attached hydrogens (tertiary/aromatic N) is 2. The van der Waals surface area contributed by atoms with Crippen molar-refractivity contribution in [2.45, 2.75) is 51.1 Å². The number of nitrogens with one attached hydrogen (secondary N) is 1. The molecule has 1 aromatic heterocycles. The zero-order chi connectivity index (χ0) is 20.6. The van der Waals surface area contributed by atoms with E-state index < -0.39 is 10.0 Å². The highest BCUT2D eigenvalue weighted by Gasteiger charge is 2.42. The molecule has 1 N–H and O–H groups in total. The SMILES string of the molecule is Cc1sc(-c2ccccc2)nc1C[C@@H]1[C@H](NS(C)(=O)=O)CCN1C(=O)C1CCC1. The molecular formula is C21H27N3O3S2. The zero-order valence-electron chi connectivity index (χ0n) is 16.8.